The molecule has 0 radical (unpaired) electrons. The molecule has 1 unspecified atom stereocenters. The number of likely N-dealkylation sites (tertiary alicyclic amines) is 1. The second-order valence-electron chi connectivity index (χ2n) is 7.66. The average Bonchev–Trinajstić information content (AvgIpc) is 3.21. The van der Waals surface area contributed by atoms with Crippen LogP contribution in [0.5, 0.6) is 0 Å². The summed E-state index contributed by atoms with van der Waals surface area (Å²) in [6, 6.07) is 10.0. The number of benzene rings is 1. The number of rotatable bonds is 7. The van der Waals surface area contributed by atoms with Crippen LogP contribution in [0.1, 0.15) is 56.6 Å². The zero-order valence-electron chi connectivity index (χ0n) is 15.2. The summed E-state index contributed by atoms with van der Waals surface area (Å²) >= 11 is 0. The summed E-state index contributed by atoms with van der Waals surface area (Å²) < 4.78 is 0. The van der Waals surface area contributed by atoms with E-state index in [0.29, 0.717) is 5.92 Å². The molecule has 25 heavy (non-hydrogen) atoms. The minimum Gasteiger partial charge on any atom is -0.388 e. The van der Waals surface area contributed by atoms with Crippen molar-refractivity contribution in [1.29, 1.82) is 0 Å². The van der Waals surface area contributed by atoms with Crippen LogP contribution in [0.15, 0.2) is 30.3 Å². The molecule has 3 rings (SSSR count). The van der Waals surface area contributed by atoms with E-state index in [4.69, 9.17) is 0 Å². The van der Waals surface area contributed by atoms with Crippen LogP contribution in [-0.2, 0) is 4.79 Å². The second kappa shape index (κ2) is 9.35. The highest BCUT2D eigenvalue weighted by Gasteiger charge is 2.26. The number of nitrogens with zero attached hydrogens (tertiary/aromatic N) is 1. The monoisotopic (exact) mass is 344 g/mol. The van der Waals surface area contributed by atoms with Gasteiger partial charge in [-0.2, -0.15) is 0 Å². The minimum atomic E-state index is -0.339. The van der Waals surface area contributed by atoms with Gasteiger partial charge in [-0.05, 0) is 63.2 Å². The highest BCUT2D eigenvalue weighted by atomic mass is 16.3. The Morgan fingerprint density at radius 2 is 1.80 bits per heavy atom. The van der Waals surface area contributed by atoms with Gasteiger partial charge in [-0.15, -0.1) is 0 Å². The van der Waals surface area contributed by atoms with Crippen molar-refractivity contribution in [1.82, 2.24) is 10.2 Å². The predicted molar refractivity (Wildman–Crippen MR) is 100 cm³/mol. The van der Waals surface area contributed by atoms with E-state index in [9.17, 15) is 9.90 Å². The summed E-state index contributed by atoms with van der Waals surface area (Å²) in [6.07, 6.45) is 7.34. The van der Waals surface area contributed by atoms with Gasteiger partial charge in [-0.25, -0.2) is 0 Å². The Morgan fingerprint density at radius 3 is 2.48 bits per heavy atom. The van der Waals surface area contributed by atoms with Gasteiger partial charge in [-0.1, -0.05) is 43.2 Å². The van der Waals surface area contributed by atoms with Crippen molar-refractivity contribution in [3.05, 3.63) is 35.9 Å². The first-order valence-corrected chi connectivity index (χ1v) is 9.97. The molecule has 1 aromatic carbocycles. The quantitative estimate of drug-likeness (QED) is 0.747. The average molecular weight is 344 g/mol. The van der Waals surface area contributed by atoms with Crippen LogP contribution in [0.25, 0.3) is 0 Å². The van der Waals surface area contributed by atoms with Crippen molar-refractivity contribution < 1.29 is 9.90 Å². The number of hydrogen-bond donors (Lipinski definition) is 2. The largest absolute Gasteiger partial charge is 0.388 e. The molecule has 4 nitrogen and oxygen atoms in total. The summed E-state index contributed by atoms with van der Waals surface area (Å²) in [5.74, 6) is 0.901. The lowest BCUT2D eigenvalue weighted by molar-refractivity contribution is -0.124. The molecule has 1 heterocycles. The molecule has 0 aromatic heterocycles. The van der Waals surface area contributed by atoms with Crippen LogP contribution in [-0.4, -0.2) is 42.1 Å². The fourth-order valence-corrected chi connectivity index (χ4v) is 4.26. The second-order valence-corrected chi connectivity index (χ2v) is 7.66. The van der Waals surface area contributed by atoms with Crippen LogP contribution in [0.4, 0.5) is 0 Å². The van der Waals surface area contributed by atoms with E-state index in [-0.39, 0.29) is 17.9 Å². The molecule has 138 valence electrons. The maximum absolute atomic E-state index is 12.0. The smallest absolute Gasteiger partial charge is 0.223 e. The van der Waals surface area contributed by atoms with Crippen molar-refractivity contribution >= 4 is 5.91 Å². The lowest BCUT2D eigenvalue weighted by Gasteiger charge is -2.34. The fourth-order valence-electron chi connectivity index (χ4n) is 4.26. The summed E-state index contributed by atoms with van der Waals surface area (Å²) in [5.41, 5.74) is 1.04. The Labute approximate surface area is 151 Å². The summed E-state index contributed by atoms with van der Waals surface area (Å²) in [6.45, 7) is 3.93. The van der Waals surface area contributed by atoms with Gasteiger partial charge >= 0.3 is 0 Å². The van der Waals surface area contributed by atoms with Gasteiger partial charge in [-0.3, -0.25) is 4.79 Å². The molecule has 1 aliphatic heterocycles. The maximum atomic E-state index is 12.0. The molecule has 1 aliphatic carbocycles. The zero-order chi connectivity index (χ0) is 17.5. The minimum absolute atomic E-state index is 0.266. The molecule has 2 N–H and O–H groups in total. The molecular formula is C21H32N2O2. The number of piperidine rings is 1. The molecule has 1 atom stereocenters. The molecule has 4 heteroatoms. The lowest BCUT2D eigenvalue weighted by atomic mass is 9.87. The van der Waals surface area contributed by atoms with Crippen molar-refractivity contribution in [3.8, 4) is 0 Å². The Morgan fingerprint density at radius 1 is 1.12 bits per heavy atom. The number of nitrogens with one attached hydrogen (secondary N) is 1. The van der Waals surface area contributed by atoms with E-state index in [1.807, 2.05) is 30.3 Å². The summed E-state index contributed by atoms with van der Waals surface area (Å²) in [4.78, 5) is 14.5. The highest BCUT2D eigenvalue weighted by molar-refractivity contribution is 5.78. The molecule has 1 saturated heterocycles. The summed E-state index contributed by atoms with van der Waals surface area (Å²) in [5, 5.41) is 13.7. The number of hydrogen-bond acceptors (Lipinski definition) is 3. The predicted octanol–water partition coefficient (Wildman–Crippen LogP) is 3.13. The molecule has 1 aromatic rings. The summed E-state index contributed by atoms with van der Waals surface area (Å²) in [7, 11) is 0. The van der Waals surface area contributed by atoms with E-state index >= 15 is 0 Å². The first-order chi connectivity index (χ1) is 12.2. The van der Waals surface area contributed by atoms with Crippen molar-refractivity contribution in [3.63, 3.8) is 0 Å². The Balaban J connectivity index is 1.31. The van der Waals surface area contributed by atoms with Gasteiger partial charge in [0.05, 0.1) is 6.10 Å². The number of carbonyl (C=O) groups excluding carboxylic acids is 1. The normalized spacial score (nSPS) is 21.3. The van der Waals surface area contributed by atoms with Crippen LogP contribution in [0.3, 0.4) is 0 Å². The molecular weight excluding hydrogens is 312 g/mol. The van der Waals surface area contributed by atoms with Gasteiger partial charge in [0.2, 0.25) is 5.91 Å². The number of aliphatic hydroxyl groups is 1. The van der Waals surface area contributed by atoms with Gasteiger partial charge in [0.1, 0.15) is 0 Å². The van der Waals surface area contributed by atoms with Gasteiger partial charge < -0.3 is 15.3 Å². The third-order valence-corrected chi connectivity index (χ3v) is 5.90. The number of carbonyl (C=O) groups is 1. The third kappa shape index (κ3) is 5.29. The van der Waals surface area contributed by atoms with Crippen molar-refractivity contribution in [2.24, 2.45) is 11.8 Å². The maximum Gasteiger partial charge on any atom is 0.223 e. The molecule has 2 aliphatic rings. The molecule has 0 spiro atoms. The van der Waals surface area contributed by atoms with E-state index in [0.717, 1.165) is 63.8 Å². The Kier molecular flexibility index (Phi) is 6.88. The van der Waals surface area contributed by atoms with Crippen LogP contribution in [0, 0.1) is 11.8 Å². The Hall–Kier alpha value is -1.39. The van der Waals surface area contributed by atoms with E-state index in [1.165, 1.54) is 12.8 Å². The number of aliphatic hydroxyl groups excluding tert-OH is 1. The molecule has 2 fully saturated rings. The standard InChI is InChI=1S/C21H32N2O2/c24-20(17-7-2-1-3-8-17)18-11-15-23(16-12-18)14-6-13-22-21(25)19-9-4-5-10-19/h1-3,7-8,18-20,24H,4-6,9-16H2,(H,22,25). The first-order valence-electron chi connectivity index (χ1n) is 9.97. The van der Waals surface area contributed by atoms with Crippen molar-refractivity contribution in [2.45, 2.75) is 51.0 Å². The molecule has 0 bridgehead atoms. The highest BCUT2D eigenvalue weighted by Crippen LogP contribution is 2.30. The van der Waals surface area contributed by atoms with Crippen molar-refractivity contribution in [2.75, 3.05) is 26.2 Å². The topological polar surface area (TPSA) is 52.6 Å². The molecule has 1 saturated carbocycles. The first kappa shape index (κ1) is 18.4. The SMILES string of the molecule is O=C(NCCCN1CCC(C(O)c2ccccc2)CC1)C1CCCC1. The van der Waals surface area contributed by atoms with Crippen LogP contribution < -0.4 is 5.32 Å². The van der Waals surface area contributed by atoms with Gasteiger partial charge in [0, 0.05) is 12.5 Å². The zero-order valence-corrected chi connectivity index (χ0v) is 15.2. The van der Waals surface area contributed by atoms with E-state index < -0.39 is 0 Å². The lowest BCUT2D eigenvalue weighted by Crippen LogP contribution is -2.38. The molecule has 1 amide bonds. The van der Waals surface area contributed by atoms with Gasteiger partial charge in [0.15, 0.2) is 0 Å². The van der Waals surface area contributed by atoms with Gasteiger partial charge in [0.25, 0.3) is 0 Å². The van der Waals surface area contributed by atoms with Crippen LogP contribution >= 0.6 is 0 Å². The Bertz CT molecular complexity index is 520. The fraction of sp³-hybridized carbons (Fsp3) is 0.667. The van der Waals surface area contributed by atoms with E-state index in [2.05, 4.69) is 10.2 Å². The van der Waals surface area contributed by atoms with E-state index in [1.54, 1.807) is 0 Å². The third-order valence-electron chi connectivity index (χ3n) is 5.90. The van der Waals surface area contributed by atoms with Crippen LogP contribution in [0.2, 0.25) is 0 Å². The number of amides is 1.